The number of nitrogen functional groups attached to an aromatic ring is 2. The second-order valence-electron chi connectivity index (χ2n) is 10.9. The number of hydrogen-bond acceptors (Lipinski definition) is 3. The van der Waals surface area contributed by atoms with Crippen LogP contribution in [0.2, 0.25) is 0 Å². The molecule has 0 amide bonds. The van der Waals surface area contributed by atoms with Crippen LogP contribution in [0.1, 0.15) is 98.8 Å². The number of fused-ring (bicyclic) bond motifs is 3. The first-order valence-corrected chi connectivity index (χ1v) is 15.2. The lowest BCUT2D eigenvalue weighted by Gasteiger charge is -2.54. The van der Waals surface area contributed by atoms with Crippen molar-refractivity contribution in [3.63, 3.8) is 0 Å². The largest absolute Gasteiger partial charge is 0.397 e. The number of anilines is 2. The topological polar surface area (TPSA) is 69.1 Å². The van der Waals surface area contributed by atoms with Gasteiger partial charge in [-0.05, 0) is 85.7 Å². The molecule has 4 heteroatoms. The predicted octanol–water partition coefficient (Wildman–Crippen LogP) is 8.51. The van der Waals surface area contributed by atoms with E-state index in [0.29, 0.717) is 33.8 Å². The van der Waals surface area contributed by atoms with Gasteiger partial charge in [-0.3, -0.25) is 4.79 Å². The minimum absolute atomic E-state index is 0.306. The molecule has 194 valence electrons. The highest BCUT2D eigenvalue weighted by molar-refractivity contribution is 9.09. The molecule has 34 heavy (non-hydrogen) atoms. The maximum absolute atomic E-state index is 12.5. The zero-order valence-corrected chi connectivity index (χ0v) is 24.1. The number of benzene rings is 1. The summed E-state index contributed by atoms with van der Waals surface area (Å²) in [5.74, 6) is 5.48. The molecule has 3 aliphatic carbocycles. The number of rotatable bonds is 6. The molecule has 1 aromatic carbocycles. The monoisotopic (exact) mass is 534 g/mol. The molecule has 3 saturated carbocycles. The van der Waals surface area contributed by atoms with E-state index >= 15 is 0 Å². The first-order valence-electron chi connectivity index (χ1n) is 14.1. The summed E-state index contributed by atoms with van der Waals surface area (Å²) in [6.45, 7) is 11.2. The van der Waals surface area contributed by atoms with Crippen LogP contribution in [0, 0.1) is 40.9 Å². The molecule has 7 atom stereocenters. The van der Waals surface area contributed by atoms with Crippen molar-refractivity contribution < 1.29 is 4.79 Å². The molecule has 0 radical (unpaired) electrons. The van der Waals surface area contributed by atoms with Gasteiger partial charge in [0.2, 0.25) is 0 Å². The molecule has 1 aromatic rings. The Hall–Kier alpha value is -1.03. The third-order valence-corrected chi connectivity index (χ3v) is 9.87. The van der Waals surface area contributed by atoms with E-state index in [1.165, 1.54) is 57.8 Å². The average Bonchev–Trinajstić information content (AvgIpc) is 3.21. The zero-order valence-electron chi connectivity index (χ0n) is 22.5. The van der Waals surface area contributed by atoms with Gasteiger partial charge in [0.25, 0.3) is 0 Å². The summed E-state index contributed by atoms with van der Waals surface area (Å²) in [7, 11) is 0. The molecule has 4 rings (SSSR count). The Labute approximate surface area is 218 Å². The van der Waals surface area contributed by atoms with Crippen LogP contribution in [0.5, 0.6) is 0 Å². The lowest BCUT2D eigenvalue weighted by Crippen LogP contribution is -2.48. The van der Waals surface area contributed by atoms with Gasteiger partial charge >= 0.3 is 0 Å². The van der Waals surface area contributed by atoms with Crippen LogP contribution in [0.25, 0.3) is 0 Å². The van der Waals surface area contributed by atoms with Crippen molar-refractivity contribution in [1.82, 2.24) is 0 Å². The van der Waals surface area contributed by atoms with Gasteiger partial charge in [-0.15, -0.1) is 0 Å². The van der Waals surface area contributed by atoms with Gasteiger partial charge in [-0.2, -0.15) is 0 Å². The smallest absolute Gasteiger partial charge is 0.147 e. The van der Waals surface area contributed by atoms with E-state index in [1.54, 1.807) is 12.1 Å². The fraction of sp³-hybridized carbons (Fsp3) is 0.767. The third kappa shape index (κ3) is 6.39. The third-order valence-electron chi connectivity index (χ3n) is 9.32. The molecule has 0 aromatic heterocycles. The zero-order chi connectivity index (χ0) is 25.3. The number of carbonyl (C=O) groups excluding carboxylic acids is 1. The van der Waals surface area contributed by atoms with Gasteiger partial charge in [0.05, 0.1) is 16.7 Å². The van der Waals surface area contributed by atoms with E-state index in [-0.39, 0.29) is 0 Å². The maximum atomic E-state index is 12.5. The van der Waals surface area contributed by atoms with Crippen molar-refractivity contribution in [2.45, 2.75) is 98.8 Å². The Morgan fingerprint density at radius 1 is 0.941 bits per heavy atom. The summed E-state index contributed by atoms with van der Waals surface area (Å²) in [6, 6.07) is 7.25. The van der Waals surface area contributed by atoms with Crippen LogP contribution >= 0.6 is 15.9 Å². The Balaban J connectivity index is 0.000000343. The quantitative estimate of drug-likeness (QED) is 0.283. The Morgan fingerprint density at radius 3 is 2.09 bits per heavy atom. The molecular weight excluding hydrogens is 484 g/mol. The van der Waals surface area contributed by atoms with Crippen LogP contribution in [-0.4, -0.2) is 11.1 Å². The average molecular weight is 536 g/mol. The minimum atomic E-state index is 0.306. The first-order chi connectivity index (χ1) is 16.4. The fourth-order valence-corrected chi connectivity index (χ4v) is 8.27. The molecule has 3 nitrogen and oxygen atoms in total. The summed E-state index contributed by atoms with van der Waals surface area (Å²) in [5, 5.41) is 0.561. The number of alkyl halides is 1. The van der Waals surface area contributed by atoms with E-state index in [1.807, 2.05) is 26.0 Å². The highest BCUT2D eigenvalue weighted by Crippen LogP contribution is 2.63. The maximum Gasteiger partial charge on any atom is 0.147 e. The van der Waals surface area contributed by atoms with E-state index in [4.69, 9.17) is 11.5 Å². The molecule has 0 heterocycles. The number of para-hydroxylation sites is 2. The summed E-state index contributed by atoms with van der Waals surface area (Å²) in [6.07, 6.45) is 13.7. The van der Waals surface area contributed by atoms with Crippen LogP contribution in [0.15, 0.2) is 24.3 Å². The highest BCUT2D eigenvalue weighted by atomic mass is 79.9. The number of ketones is 1. The number of halogens is 1. The normalized spacial score (nSPS) is 33.9. The van der Waals surface area contributed by atoms with Crippen LogP contribution in [-0.2, 0) is 4.79 Å². The van der Waals surface area contributed by atoms with Gasteiger partial charge in [0.15, 0.2) is 0 Å². The Morgan fingerprint density at radius 2 is 1.56 bits per heavy atom. The second kappa shape index (κ2) is 13.9. The lowest BCUT2D eigenvalue weighted by molar-refractivity contribution is -0.127. The Kier molecular flexibility index (Phi) is 11.9. The van der Waals surface area contributed by atoms with Crippen molar-refractivity contribution in [2.24, 2.45) is 40.9 Å². The number of hydrogen-bond donors (Lipinski definition) is 2. The van der Waals surface area contributed by atoms with Crippen molar-refractivity contribution in [2.75, 3.05) is 16.8 Å². The molecule has 0 bridgehead atoms. The molecule has 3 aliphatic rings. The van der Waals surface area contributed by atoms with Crippen molar-refractivity contribution in [3.05, 3.63) is 24.3 Å². The summed E-state index contributed by atoms with van der Waals surface area (Å²) in [4.78, 5) is 12.5. The Bertz CT molecular complexity index is 732. The van der Waals surface area contributed by atoms with E-state index in [0.717, 1.165) is 36.0 Å². The fourth-order valence-electron chi connectivity index (χ4n) is 7.88. The van der Waals surface area contributed by atoms with Gasteiger partial charge in [-0.25, -0.2) is 0 Å². The van der Waals surface area contributed by atoms with Gasteiger partial charge in [0.1, 0.15) is 5.78 Å². The highest BCUT2D eigenvalue weighted by Gasteiger charge is 2.57. The molecule has 0 spiro atoms. The van der Waals surface area contributed by atoms with Gasteiger partial charge < -0.3 is 11.5 Å². The molecule has 0 saturated heterocycles. The SMILES string of the molecule is CC.CCCC1CCC2C(CCC3(C)C(C(=O)CBr)CCC23)C1CCC.Nc1ccccc1N. The number of nitrogens with two attached hydrogens (primary N) is 2. The van der Waals surface area contributed by atoms with Gasteiger partial charge in [0, 0.05) is 5.92 Å². The standard InChI is InChI=1S/C22H37BrO.C6H8N2.C2H6/c1-4-6-15-8-9-18-17(16(15)7-5-2)12-13-22(3)19(18)10-11-20(22)21(24)14-23;7-5-3-1-2-4-6(5)8;1-2/h15-20H,4-14H2,1-3H3;1-4H,7-8H2;1-2H3. The lowest BCUT2D eigenvalue weighted by atomic mass is 9.50. The van der Waals surface area contributed by atoms with Crippen LogP contribution < -0.4 is 11.5 Å². The van der Waals surface area contributed by atoms with Crippen LogP contribution in [0.3, 0.4) is 0 Å². The first kappa shape index (κ1) is 29.2. The molecule has 7 unspecified atom stereocenters. The van der Waals surface area contributed by atoms with Gasteiger partial charge in [-0.1, -0.05) is 88.4 Å². The van der Waals surface area contributed by atoms with Crippen molar-refractivity contribution in [3.8, 4) is 0 Å². The summed E-state index contributed by atoms with van der Waals surface area (Å²) in [5.41, 5.74) is 12.4. The van der Waals surface area contributed by atoms with Crippen molar-refractivity contribution in [1.29, 1.82) is 0 Å². The predicted molar refractivity (Wildman–Crippen MR) is 152 cm³/mol. The molecule has 4 N–H and O–H groups in total. The molecular formula is C30H51BrN2O. The summed E-state index contributed by atoms with van der Waals surface area (Å²) >= 11 is 3.44. The van der Waals surface area contributed by atoms with Crippen LogP contribution in [0.4, 0.5) is 11.4 Å². The summed E-state index contributed by atoms with van der Waals surface area (Å²) < 4.78 is 0. The minimum Gasteiger partial charge on any atom is -0.397 e. The van der Waals surface area contributed by atoms with E-state index in [9.17, 15) is 4.79 Å². The number of carbonyl (C=O) groups is 1. The van der Waals surface area contributed by atoms with E-state index < -0.39 is 0 Å². The molecule has 0 aliphatic heterocycles. The molecule has 3 fully saturated rings. The van der Waals surface area contributed by atoms with Crippen molar-refractivity contribution >= 4 is 33.1 Å². The van der Waals surface area contributed by atoms with E-state index in [2.05, 4.69) is 36.7 Å². The second-order valence-corrected chi connectivity index (χ2v) is 11.5. The number of Topliss-reactive ketones (excluding diaryl/α,β-unsaturated/α-hetero) is 1.